The minimum absolute atomic E-state index is 0.187. The molecule has 1 N–H and O–H groups in total. The smallest absolute Gasteiger partial charge is 0.126 e. The van der Waals surface area contributed by atoms with Crippen LogP contribution in [0.25, 0.3) is 0 Å². The van der Waals surface area contributed by atoms with Gasteiger partial charge in [0.25, 0.3) is 0 Å². The summed E-state index contributed by atoms with van der Waals surface area (Å²) in [5, 5.41) is 3.28. The van der Waals surface area contributed by atoms with Gasteiger partial charge in [0.2, 0.25) is 0 Å². The number of halogens is 2. The first-order valence-corrected chi connectivity index (χ1v) is 6.87. The van der Waals surface area contributed by atoms with Gasteiger partial charge in [0, 0.05) is 37.6 Å². The van der Waals surface area contributed by atoms with Gasteiger partial charge in [0.05, 0.1) is 0 Å². The van der Waals surface area contributed by atoms with Crippen LogP contribution in [0.1, 0.15) is 24.1 Å². The van der Waals surface area contributed by atoms with Crippen LogP contribution in [0.3, 0.4) is 0 Å². The Morgan fingerprint density at radius 3 is 2.19 bits per heavy atom. The predicted octanol–water partition coefficient (Wildman–Crippen LogP) is 4.51. The van der Waals surface area contributed by atoms with E-state index in [-0.39, 0.29) is 6.04 Å². The van der Waals surface area contributed by atoms with Crippen LogP contribution in [0, 0.1) is 18.6 Å². The summed E-state index contributed by atoms with van der Waals surface area (Å²) >= 11 is 0. The lowest BCUT2D eigenvalue weighted by molar-refractivity contribution is 0.577. The molecule has 4 heteroatoms. The molecule has 21 heavy (non-hydrogen) atoms. The highest BCUT2D eigenvalue weighted by Crippen LogP contribution is 2.26. The van der Waals surface area contributed by atoms with E-state index in [0.29, 0.717) is 5.56 Å². The van der Waals surface area contributed by atoms with Crippen molar-refractivity contribution in [2.24, 2.45) is 0 Å². The number of benzene rings is 2. The van der Waals surface area contributed by atoms with Gasteiger partial charge in [-0.3, -0.25) is 0 Å². The molecule has 0 fully saturated rings. The molecule has 1 atom stereocenters. The minimum atomic E-state index is -0.559. The van der Waals surface area contributed by atoms with Crippen LogP contribution in [0.5, 0.6) is 0 Å². The zero-order valence-corrected chi connectivity index (χ0v) is 12.7. The average molecular weight is 290 g/mol. The van der Waals surface area contributed by atoms with Gasteiger partial charge in [-0.05, 0) is 49.2 Å². The van der Waals surface area contributed by atoms with Gasteiger partial charge in [-0.25, -0.2) is 8.78 Å². The van der Waals surface area contributed by atoms with Crippen LogP contribution >= 0.6 is 0 Å². The van der Waals surface area contributed by atoms with Crippen molar-refractivity contribution in [2.75, 3.05) is 24.3 Å². The van der Waals surface area contributed by atoms with Crippen molar-refractivity contribution in [1.82, 2.24) is 0 Å². The van der Waals surface area contributed by atoms with E-state index >= 15 is 0 Å². The van der Waals surface area contributed by atoms with E-state index in [1.165, 1.54) is 17.7 Å². The Kier molecular flexibility index (Phi) is 4.46. The van der Waals surface area contributed by atoms with Crippen molar-refractivity contribution in [3.05, 3.63) is 59.2 Å². The molecule has 2 nitrogen and oxygen atoms in total. The summed E-state index contributed by atoms with van der Waals surface area (Å²) < 4.78 is 26.6. The number of nitrogens with one attached hydrogen (secondary N) is 1. The van der Waals surface area contributed by atoms with Gasteiger partial charge < -0.3 is 10.2 Å². The maximum absolute atomic E-state index is 13.3. The van der Waals surface area contributed by atoms with Crippen LogP contribution < -0.4 is 10.2 Å². The molecule has 0 heterocycles. The zero-order chi connectivity index (χ0) is 15.6. The highest BCUT2D eigenvalue weighted by Gasteiger charge is 2.10. The maximum Gasteiger partial charge on any atom is 0.126 e. The van der Waals surface area contributed by atoms with Crippen LogP contribution in [0.2, 0.25) is 0 Å². The lowest BCUT2D eigenvalue weighted by atomic mass is 10.1. The molecule has 2 aromatic rings. The summed E-state index contributed by atoms with van der Waals surface area (Å²) in [7, 11) is 3.97. The number of anilines is 2. The molecule has 0 saturated heterocycles. The van der Waals surface area contributed by atoms with Crippen LogP contribution in [0.4, 0.5) is 20.2 Å². The van der Waals surface area contributed by atoms with Crippen molar-refractivity contribution in [2.45, 2.75) is 19.9 Å². The molecule has 112 valence electrons. The third-order valence-corrected chi connectivity index (χ3v) is 3.46. The van der Waals surface area contributed by atoms with Crippen molar-refractivity contribution >= 4 is 11.4 Å². The van der Waals surface area contributed by atoms with Crippen molar-refractivity contribution < 1.29 is 8.78 Å². The van der Waals surface area contributed by atoms with Crippen molar-refractivity contribution in [3.8, 4) is 0 Å². The van der Waals surface area contributed by atoms with E-state index in [4.69, 9.17) is 0 Å². The lowest BCUT2D eigenvalue weighted by Crippen LogP contribution is -2.12. The van der Waals surface area contributed by atoms with Crippen LogP contribution in [-0.2, 0) is 0 Å². The number of aryl methyl sites for hydroxylation is 1. The van der Waals surface area contributed by atoms with E-state index in [1.807, 2.05) is 51.0 Å². The Morgan fingerprint density at radius 2 is 1.62 bits per heavy atom. The van der Waals surface area contributed by atoms with E-state index in [9.17, 15) is 8.78 Å². The molecule has 0 saturated carbocycles. The molecule has 0 spiro atoms. The fourth-order valence-corrected chi connectivity index (χ4v) is 2.34. The van der Waals surface area contributed by atoms with Crippen LogP contribution in [-0.4, -0.2) is 14.1 Å². The van der Waals surface area contributed by atoms with Gasteiger partial charge >= 0.3 is 0 Å². The second-order valence-electron chi connectivity index (χ2n) is 5.46. The molecule has 0 aliphatic carbocycles. The fraction of sp³-hybridized carbons (Fsp3) is 0.294. The van der Waals surface area contributed by atoms with Gasteiger partial charge in [-0.2, -0.15) is 0 Å². The zero-order valence-electron chi connectivity index (χ0n) is 12.7. The molecule has 2 aromatic carbocycles. The molecule has 2 rings (SSSR count). The topological polar surface area (TPSA) is 15.3 Å². The summed E-state index contributed by atoms with van der Waals surface area (Å²) in [6.45, 7) is 3.92. The van der Waals surface area contributed by atoms with Crippen LogP contribution in [0.15, 0.2) is 36.4 Å². The SMILES string of the molecule is Cc1ccc(NC(C)c2cc(F)cc(F)c2)cc1N(C)C. The Bertz CT molecular complexity index is 618. The Balaban J connectivity index is 2.23. The quantitative estimate of drug-likeness (QED) is 0.891. The second-order valence-corrected chi connectivity index (χ2v) is 5.46. The first kappa shape index (κ1) is 15.3. The van der Waals surface area contributed by atoms with Gasteiger partial charge in [-0.1, -0.05) is 6.07 Å². The first-order chi connectivity index (χ1) is 9.86. The molecular formula is C17H20F2N2. The fourth-order valence-electron chi connectivity index (χ4n) is 2.34. The molecular weight excluding hydrogens is 270 g/mol. The molecule has 0 aliphatic heterocycles. The predicted molar refractivity (Wildman–Crippen MR) is 83.9 cm³/mol. The summed E-state index contributed by atoms with van der Waals surface area (Å²) in [6.07, 6.45) is 0. The largest absolute Gasteiger partial charge is 0.378 e. The van der Waals surface area contributed by atoms with E-state index in [0.717, 1.165) is 17.4 Å². The first-order valence-electron chi connectivity index (χ1n) is 6.87. The molecule has 0 bridgehead atoms. The third kappa shape index (κ3) is 3.72. The molecule has 0 radical (unpaired) electrons. The van der Waals surface area contributed by atoms with Gasteiger partial charge in [0.1, 0.15) is 11.6 Å². The Labute approximate surface area is 124 Å². The molecule has 0 amide bonds. The van der Waals surface area contributed by atoms with E-state index in [1.54, 1.807) is 0 Å². The Hall–Kier alpha value is -2.10. The van der Waals surface area contributed by atoms with E-state index in [2.05, 4.69) is 5.32 Å². The summed E-state index contributed by atoms with van der Waals surface area (Å²) in [4.78, 5) is 2.03. The minimum Gasteiger partial charge on any atom is -0.378 e. The van der Waals surface area contributed by atoms with E-state index < -0.39 is 11.6 Å². The Morgan fingerprint density at radius 1 is 1.00 bits per heavy atom. The number of nitrogens with zero attached hydrogens (tertiary/aromatic N) is 1. The van der Waals surface area contributed by atoms with Gasteiger partial charge in [0.15, 0.2) is 0 Å². The number of hydrogen-bond donors (Lipinski definition) is 1. The molecule has 0 aromatic heterocycles. The molecule has 0 aliphatic rings. The molecule has 1 unspecified atom stereocenters. The summed E-state index contributed by atoms with van der Waals surface area (Å²) in [5.74, 6) is -1.12. The number of hydrogen-bond acceptors (Lipinski definition) is 2. The normalized spacial score (nSPS) is 12.1. The second kappa shape index (κ2) is 6.12. The van der Waals surface area contributed by atoms with Gasteiger partial charge in [-0.15, -0.1) is 0 Å². The number of rotatable bonds is 4. The average Bonchev–Trinajstić information content (AvgIpc) is 2.39. The standard InChI is InChI=1S/C17H20F2N2/c1-11-5-6-16(10-17(11)21(3)4)20-12(2)13-7-14(18)9-15(19)8-13/h5-10,12,20H,1-4H3. The summed E-state index contributed by atoms with van der Waals surface area (Å²) in [6, 6.07) is 9.41. The highest BCUT2D eigenvalue weighted by atomic mass is 19.1. The highest BCUT2D eigenvalue weighted by molar-refractivity contribution is 5.62. The van der Waals surface area contributed by atoms with Crippen molar-refractivity contribution in [1.29, 1.82) is 0 Å². The third-order valence-electron chi connectivity index (χ3n) is 3.46. The summed E-state index contributed by atoms with van der Waals surface area (Å²) in [5.41, 5.74) is 3.79. The lowest BCUT2D eigenvalue weighted by Gasteiger charge is -2.20. The maximum atomic E-state index is 13.3. The van der Waals surface area contributed by atoms with Crippen molar-refractivity contribution in [3.63, 3.8) is 0 Å². The monoisotopic (exact) mass is 290 g/mol.